The molecule has 5 heteroatoms. The van der Waals surface area contributed by atoms with Crippen LogP contribution in [0.2, 0.25) is 0 Å². The predicted octanol–water partition coefficient (Wildman–Crippen LogP) is 2.72. The predicted molar refractivity (Wildman–Crippen MR) is 86.8 cm³/mol. The minimum atomic E-state index is -0.508. The zero-order valence-electron chi connectivity index (χ0n) is 14.3. The van der Waals surface area contributed by atoms with Crippen LogP contribution in [0.3, 0.4) is 0 Å². The van der Waals surface area contributed by atoms with Crippen LogP contribution in [0.5, 0.6) is 0 Å². The van der Waals surface area contributed by atoms with Crippen molar-refractivity contribution in [2.75, 3.05) is 6.54 Å². The molecule has 2 unspecified atom stereocenters. The number of aliphatic hydroxyl groups is 1. The monoisotopic (exact) mass is 312 g/mol. The Kier molecular flexibility index (Phi) is 5.72. The van der Waals surface area contributed by atoms with E-state index in [1.807, 2.05) is 20.8 Å². The SMILES string of the molecule is CC(C)(C)OC(=O)NC1CCCC(NCC2(O)CCCC2)C1. The van der Waals surface area contributed by atoms with E-state index < -0.39 is 11.2 Å². The summed E-state index contributed by atoms with van der Waals surface area (Å²) in [5, 5.41) is 16.9. The molecule has 0 heterocycles. The van der Waals surface area contributed by atoms with Gasteiger partial charge in [0.25, 0.3) is 0 Å². The van der Waals surface area contributed by atoms with E-state index in [-0.39, 0.29) is 12.1 Å². The summed E-state index contributed by atoms with van der Waals surface area (Å²) in [5.41, 5.74) is -0.965. The van der Waals surface area contributed by atoms with E-state index in [0.29, 0.717) is 12.6 Å². The van der Waals surface area contributed by atoms with Gasteiger partial charge in [0.1, 0.15) is 5.60 Å². The molecule has 0 aromatic heterocycles. The number of nitrogens with one attached hydrogen (secondary N) is 2. The zero-order valence-corrected chi connectivity index (χ0v) is 14.3. The van der Waals surface area contributed by atoms with Crippen LogP contribution in [-0.4, -0.2) is 41.0 Å². The Balaban J connectivity index is 1.73. The second kappa shape index (κ2) is 7.18. The van der Waals surface area contributed by atoms with Crippen LogP contribution in [0.15, 0.2) is 0 Å². The zero-order chi connectivity index (χ0) is 16.2. The Morgan fingerprint density at radius 1 is 1.18 bits per heavy atom. The normalized spacial score (nSPS) is 28.4. The Labute approximate surface area is 134 Å². The maximum absolute atomic E-state index is 11.9. The van der Waals surface area contributed by atoms with Crippen LogP contribution < -0.4 is 10.6 Å². The summed E-state index contributed by atoms with van der Waals surface area (Å²) in [7, 11) is 0. The molecule has 0 aliphatic heterocycles. The highest BCUT2D eigenvalue weighted by Crippen LogP contribution is 2.29. The number of rotatable bonds is 4. The van der Waals surface area contributed by atoms with Gasteiger partial charge in [-0.15, -0.1) is 0 Å². The molecule has 2 rings (SSSR count). The number of carbonyl (C=O) groups excluding carboxylic acids is 1. The molecular formula is C17H32N2O3. The summed E-state index contributed by atoms with van der Waals surface area (Å²) in [5.74, 6) is 0. The molecule has 0 saturated heterocycles. The Bertz CT molecular complexity index is 373. The lowest BCUT2D eigenvalue weighted by molar-refractivity contribution is 0.0400. The Morgan fingerprint density at radius 3 is 2.45 bits per heavy atom. The van der Waals surface area contributed by atoms with E-state index in [1.165, 1.54) is 0 Å². The highest BCUT2D eigenvalue weighted by molar-refractivity contribution is 5.68. The van der Waals surface area contributed by atoms with E-state index in [0.717, 1.165) is 51.4 Å². The molecule has 5 nitrogen and oxygen atoms in total. The van der Waals surface area contributed by atoms with Crippen molar-refractivity contribution >= 4 is 6.09 Å². The molecule has 2 atom stereocenters. The van der Waals surface area contributed by atoms with Crippen molar-refractivity contribution in [1.82, 2.24) is 10.6 Å². The molecule has 128 valence electrons. The van der Waals surface area contributed by atoms with Gasteiger partial charge in [-0.3, -0.25) is 0 Å². The van der Waals surface area contributed by atoms with Crippen LogP contribution in [0, 0.1) is 0 Å². The molecule has 0 radical (unpaired) electrons. The molecule has 2 saturated carbocycles. The van der Waals surface area contributed by atoms with E-state index >= 15 is 0 Å². The quantitative estimate of drug-likeness (QED) is 0.746. The van der Waals surface area contributed by atoms with Crippen molar-refractivity contribution in [3.05, 3.63) is 0 Å². The first-order valence-electron chi connectivity index (χ1n) is 8.71. The van der Waals surface area contributed by atoms with Gasteiger partial charge in [0.15, 0.2) is 0 Å². The molecule has 2 fully saturated rings. The van der Waals surface area contributed by atoms with Crippen molar-refractivity contribution in [3.63, 3.8) is 0 Å². The molecule has 2 aliphatic carbocycles. The fraction of sp³-hybridized carbons (Fsp3) is 0.941. The van der Waals surface area contributed by atoms with E-state index in [9.17, 15) is 9.90 Å². The first-order valence-corrected chi connectivity index (χ1v) is 8.71. The molecule has 0 spiro atoms. The Morgan fingerprint density at radius 2 is 1.82 bits per heavy atom. The number of amides is 1. The third-order valence-corrected chi connectivity index (χ3v) is 4.65. The summed E-state index contributed by atoms with van der Waals surface area (Å²) in [6.07, 6.45) is 7.87. The van der Waals surface area contributed by atoms with Crippen LogP contribution in [-0.2, 0) is 4.74 Å². The molecule has 0 aromatic carbocycles. The van der Waals surface area contributed by atoms with Gasteiger partial charge in [-0.2, -0.15) is 0 Å². The van der Waals surface area contributed by atoms with Crippen molar-refractivity contribution in [2.45, 2.75) is 95.4 Å². The Hall–Kier alpha value is -0.810. The van der Waals surface area contributed by atoms with Gasteiger partial charge in [-0.05, 0) is 59.3 Å². The molecule has 2 aliphatic rings. The number of ether oxygens (including phenoxy) is 1. The highest BCUT2D eigenvalue weighted by atomic mass is 16.6. The van der Waals surface area contributed by atoms with E-state index in [1.54, 1.807) is 0 Å². The molecule has 0 bridgehead atoms. The van der Waals surface area contributed by atoms with Crippen molar-refractivity contribution in [3.8, 4) is 0 Å². The number of hydrogen-bond acceptors (Lipinski definition) is 4. The summed E-state index contributed by atoms with van der Waals surface area (Å²) < 4.78 is 5.32. The highest BCUT2D eigenvalue weighted by Gasteiger charge is 2.32. The lowest BCUT2D eigenvalue weighted by Gasteiger charge is -2.33. The van der Waals surface area contributed by atoms with Crippen molar-refractivity contribution < 1.29 is 14.6 Å². The fourth-order valence-electron chi connectivity index (χ4n) is 3.52. The van der Waals surface area contributed by atoms with Gasteiger partial charge >= 0.3 is 6.09 Å². The van der Waals surface area contributed by atoms with Crippen LogP contribution in [0.4, 0.5) is 4.79 Å². The maximum Gasteiger partial charge on any atom is 0.407 e. The molecule has 22 heavy (non-hydrogen) atoms. The minimum absolute atomic E-state index is 0.166. The number of carbonyl (C=O) groups is 1. The third-order valence-electron chi connectivity index (χ3n) is 4.65. The summed E-state index contributed by atoms with van der Waals surface area (Å²) in [6, 6.07) is 0.539. The van der Waals surface area contributed by atoms with Crippen molar-refractivity contribution in [1.29, 1.82) is 0 Å². The van der Waals surface area contributed by atoms with Gasteiger partial charge < -0.3 is 20.5 Å². The third kappa shape index (κ3) is 5.76. The maximum atomic E-state index is 11.9. The standard InChI is InChI=1S/C17H32N2O3/c1-16(2,3)22-15(20)19-14-8-6-7-13(11-14)18-12-17(21)9-4-5-10-17/h13-14,18,21H,4-12H2,1-3H3,(H,19,20). The van der Waals surface area contributed by atoms with Gasteiger partial charge in [0, 0.05) is 18.6 Å². The largest absolute Gasteiger partial charge is 0.444 e. The first kappa shape index (κ1) is 17.5. The fourth-order valence-corrected chi connectivity index (χ4v) is 3.52. The smallest absolute Gasteiger partial charge is 0.407 e. The molecule has 1 amide bonds. The number of hydrogen-bond donors (Lipinski definition) is 3. The summed E-state index contributed by atoms with van der Waals surface area (Å²) >= 11 is 0. The van der Waals surface area contributed by atoms with Gasteiger partial charge in [0.05, 0.1) is 5.60 Å². The second-order valence-electron chi connectivity index (χ2n) is 8.02. The van der Waals surface area contributed by atoms with Crippen molar-refractivity contribution in [2.24, 2.45) is 0 Å². The number of alkyl carbamates (subject to hydrolysis) is 1. The average molecular weight is 312 g/mol. The minimum Gasteiger partial charge on any atom is -0.444 e. The summed E-state index contributed by atoms with van der Waals surface area (Å²) in [4.78, 5) is 11.9. The van der Waals surface area contributed by atoms with Crippen LogP contribution in [0.25, 0.3) is 0 Å². The second-order valence-corrected chi connectivity index (χ2v) is 8.02. The van der Waals surface area contributed by atoms with Gasteiger partial charge in [-0.25, -0.2) is 4.79 Å². The topological polar surface area (TPSA) is 70.6 Å². The van der Waals surface area contributed by atoms with Crippen LogP contribution >= 0.6 is 0 Å². The average Bonchev–Trinajstić information content (AvgIpc) is 2.82. The lowest BCUT2D eigenvalue weighted by atomic mass is 9.90. The van der Waals surface area contributed by atoms with Crippen LogP contribution in [0.1, 0.15) is 72.1 Å². The van der Waals surface area contributed by atoms with E-state index in [4.69, 9.17) is 4.74 Å². The molecule has 0 aromatic rings. The first-order chi connectivity index (χ1) is 10.3. The van der Waals surface area contributed by atoms with Gasteiger partial charge in [0.2, 0.25) is 0 Å². The molecule has 3 N–H and O–H groups in total. The summed E-state index contributed by atoms with van der Waals surface area (Å²) in [6.45, 7) is 6.30. The van der Waals surface area contributed by atoms with E-state index in [2.05, 4.69) is 10.6 Å². The lowest BCUT2D eigenvalue weighted by Crippen LogP contribution is -2.48. The van der Waals surface area contributed by atoms with Gasteiger partial charge in [-0.1, -0.05) is 12.8 Å². The molecular weight excluding hydrogens is 280 g/mol.